The lowest BCUT2D eigenvalue weighted by Crippen LogP contribution is -2.46. The fraction of sp³-hybridized carbons (Fsp3) is 0.667. The summed E-state index contributed by atoms with van der Waals surface area (Å²) in [6.45, 7) is 11.8. The van der Waals surface area contributed by atoms with Gasteiger partial charge in [-0.3, -0.25) is 9.89 Å². The van der Waals surface area contributed by atoms with E-state index in [1.807, 2.05) is 19.2 Å². The molecule has 0 radical (unpaired) electrons. The van der Waals surface area contributed by atoms with Crippen molar-refractivity contribution in [3.05, 3.63) is 29.8 Å². The van der Waals surface area contributed by atoms with Crippen LogP contribution >= 0.6 is 0 Å². The van der Waals surface area contributed by atoms with Crippen molar-refractivity contribution in [1.29, 1.82) is 0 Å². The largest absolute Gasteiger partial charge is 0.493 e. The Bertz CT molecular complexity index is 597. The van der Waals surface area contributed by atoms with Crippen LogP contribution in [-0.2, 0) is 11.3 Å². The van der Waals surface area contributed by atoms with E-state index >= 15 is 0 Å². The minimum atomic E-state index is 0.538. The van der Waals surface area contributed by atoms with E-state index in [0.29, 0.717) is 12.0 Å². The maximum atomic E-state index is 5.75. The Balaban J connectivity index is 1.46. The van der Waals surface area contributed by atoms with Crippen LogP contribution in [0.3, 0.4) is 0 Å². The van der Waals surface area contributed by atoms with Gasteiger partial charge in [0.05, 0.1) is 19.8 Å². The third-order valence-corrected chi connectivity index (χ3v) is 5.19. The van der Waals surface area contributed by atoms with E-state index in [2.05, 4.69) is 46.1 Å². The summed E-state index contributed by atoms with van der Waals surface area (Å²) in [6.07, 6.45) is 1.20. The molecular formula is C21H34N4O2. The molecule has 1 aromatic rings. The number of ether oxygens (including phenoxy) is 2. The highest BCUT2D eigenvalue weighted by Crippen LogP contribution is 2.17. The predicted molar refractivity (Wildman–Crippen MR) is 109 cm³/mol. The van der Waals surface area contributed by atoms with E-state index < -0.39 is 0 Å². The number of guanidine groups is 1. The molecule has 1 N–H and O–H groups in total. The first-order chi connectivity index (χ1) is 13.2. The molecule has 2 heterocycles. The lowest BCUT2D eigenvalue weighted by atomic mass is 10.2. The smallest absolute Gasteiger partial charge is 0.193 e. The SMILES string of the molecule is CN=C(NCc1ccc(OCC(C)C)cc1)N1CCC(N2CCOCC2)C1. The Morgan fingerprint density at radius 3 is 2.63 bits per heavy atom. The molecule has 0 bridgehead atoms. The van der Waals surface area contributed by atoms with Crippen molar-refractivity contribution in [3.8, 4) is 5.75 Å². The Morgan fingerprint density at radius 2 is 1.96 bits per heavy atom. The van der Waals surface area contributed by atoms with Crippen LogP contribution in [0.25, 0.3) is 0 Å². The van der Waals surface area contributed by atoms with Gasteiger partial charge in [0.2, 0.25) is 0 Å². The van der Waals surface area contributed by atoms with Crippen LogP contribution < -0.4 is 10.1 Å². The molecular weight excluding hydrogens is 340 g/mol. The first kappa shape index (κ1) is 20.0. The van der Waals surface area contributed by atoms with E-state index in [1.165, 1.54) is 12.0 Å². The van der Waals surface area contributed by atoms with Crippen LogP contribution in [0, 0.1) is 5.92 Å². The summed E-state index contributed by atoms with van der Waals surface area (Å²) < 4.78 is 11.2. The summed E-state index contributed by atoms with van der Waals surface area (Å²) in [6, 6.07) is 8.95. The van der Waals surface area contributed by atoms with Gasteiger partial charge in [0.15, 0.2) is 5.96 Å². The zero-order valence-electron chi connectivity index (χ0n) is 17.0. The summed E-state index contributed by atoms with van der Waals surface area (Å²) in [7, 11) is 1.87. The summed E-state index contributed by atoms with van der Waals surface area (Å²) in [5.74, 6) is 2.46. The number of aliphatic imine (C=N–C) groups is 1. The zero-order chi connectivity index (χ0) is 19.1. The van der Waals surface area contributed by atoms with Crippen LogP contribution in [0.4, 0.5) is 0 Å². The standard InChI is InChI=1S/C21H34N4O2/c1-17(2)16-27-20-6-4-18(5-7-20)14-23-21(22-3)25-9-8-19(15-25)24-10-12-26-13-11-24/h4-7,17,19H,8-16H2,1-3H3,(H,22,23). The number of nitrogens with zero attached hydrogens (tertiary/aromatic N) is 3. The predicted octanol–water partition coefficient (Wildman–Crippen LogP) is 2.20. The van der Waals surface area contributed by atoms with E-state index in [9.17, 15) is 0 Å². The first-order valence-electron chi connectivity index (χ1n) is 10.1. The van der Waals surface area contributed by atoms with Crippen LogP contribution in [-0.4, -0.2) is 74.8 Å². The van der Waals surface area contributed by atoms with Crippen molar-refractivity contribution in [2.45, 2.75) is 32.9 Å². The molecule has 27 heavy (non-hydrogen) atoms. The molecule has 2 aliphatic rings. The van der Waals surface area contributed by atoms with Crippen molar-refractivity contribution in [3.63, 3.8) is 0 Å². The fourth-order valence-corrected chi connectivity index (χ4v) is 3.65. The molecule has 2 saturated heterocycles. The van der Waals surface area contributed by atoms with E-state index in [1.54, 1.807) is 0 Å². The van der Waals surface area contributed by atoms with Gasteiger partial charge in [-0.25, -0.2) is 0 Å². The van der Waals surface area contributed by atoms with Crippen LogP contribution in [0.5, 0.6) is 5.75 Å². The normalized spacial score (nSPS) is 21.7. The highest BCUT2D eigenvalue weighted by molar-refractivity contribution is 5.80. The number of rotatable bonds is 6. The fourth-order valence-electron chi connectivity index (χ4n) is 3.65. The average molecular weight is 375 g/mol. The number of nitrogens with one attached hydrogen (secondary N) is 1. The van der Waals surface area contributed by atoms with Gasteiger partial charge >= 0.3 is 0 Å². The maximum absolute atomic E-state index is 5.75. The number of morpholine rings is 1. The molecule has 1 unspecified atom stereocenters. The van der Waals surface area contributed by atoms with Crippen molar-refractivity contribution in [2.24, 2.45) is 10.9 Å². The van der Waals surface area contributed by atoms with Crippen molar-refractivity contribution in [1.82, 2.24) is 15.1 Å². The topological polar surface area (TPSA) is 49.3 Å². The summed E-state index contributed by atoms with van der Waals surface area (Å²) in [4.78, 5) is 9.43. The molecule has 1 aromatic carbocycles. The molecule has 150 valence electrons. The van der Waals surface area contributed by atoms with Gasteiger partial charge in [0.1, 0.15) is 5.75 Å². The van der Waals surface area contributed by atoms with Gasteiger partial charge in [-0.2, -0.15) is 0 Å². The van der Waals surface area contributed by atoms with Gasteiger partial charge in [-0.15, -0.1) is 0 Å². The number of hydrogen-bond donors (Lipinski definition) is 1. The second-order valence-corrected chi connectivity index (χ2v) is 7.79. The average Bonchev–Trinajstić information content (AvgIpc) is 3.18. The molecule has 1 atom stereocenters. The molecule has 0 aromatic heterocycles. The molecule has 0 aliphatic carbocycles. The summed E-state index contributed by atoms with van der Waals surface area (Å²) >= 11 is 0. The van der Waals surface area contributed by atoms with Gasteiger partial charge in [0.25, 0.3) is 0 Å². The Morgan fingerprint density at radius 1 is 1.22 bits per heavy atom. The van der Waals surface area contributed by atoms with Crippen molar-refractivity contribution >= 4 is 5.96 Å². The van der Waals surface area contributed by atoms with E-state index in [0.717, 1.165) is 64.3 Å². The number of hydrogen-bond acceptors (Lipinski definition) is 4. The zero-order valence-corrected chi connectivity index (χ0v) is 17.0. The third-order valence-electron chi connectivity index (χ3n) is 5.19. The van der Waals surface area contributed by atoms with Crippen LogP contribution in [0.2, 0.25) is 0 Å². The molecule has 2 fully saturated rings. The highest BCUT2D eigenvalue weighted by atomic mass is 16.5. The maximum Gasteiger partial charge on any atom is 0.193 e. The second-order valence-electron chi connectivity index (χ2n) is 7.79. The molecule has 0 amide bonds. The molecule has 0 spiro atoms. The molecule has 3 rings (SSSR count). The Labute approximate surface area is 163 Å². The number of benzene rings is 1. The highest BCUT2D eigenvalue weighted by Gasteiger charge is 2.30. The molecule has 2 aliphatic heterocycles. The van der Waals surface area contributed by atoms with Gasteiger partial charge < -0.3 is 19.7 Å². The van der Waals surface area contributed by atoms with Crippen LogP contribution in [0.15, 0.2) is 29.3 Å². The quantitative estimate of drug-likeness (QED) is 0.611. The Kier molecular flexibility index (Phi) is 7.35. The second kappa shape index (κ2) is 9.95. The molecule has 6 nitrogen and oxygen atoms in total. The minimum absolute atomic E-state index is 0.538. The Hall–Kier alpha value is -1.79. The summed E-state index contributed by atoms with van der Waals surface area (Å²) in [5, 5.41) is 3.51. The van der Waals surface area contributed by atoms with Gasteiger partial charge in [0, 0.05) is 45.8 Å². The van der Waals surface area contributed by atoms with Crippen molar-refractivity contribution < 1.29 is 9.47 Å². The minimum Gasteiger partial charge on any atom is -0.493 e. The lowest BCUT2D eigenvalue weighted by molar-refractivity contribution is 0.0195. The number of likely N-dealkylation sites (tertiary alicyclic amines) is 1. The van der Waals surface area contributed by atoms with Gasteiger partial charge in [-0.1, -0.05) is 26.0 Å². The van der Waals surface area contributed by atoms with Crippen molar-refractivity contribution in [2.75, 3.05) is 53.0 Å². The van der Waals surface area contributed by atoms with E-state index in [4.69, 9.17) is 9.47 Å². The summed E-state index contributed by atoms with van der Waals surface area (Å²) in [5.41, 5.74) is 1.23. The van der Waals surface area contributed by atoms with Crippen LogP contribution in [0.1, 0.15) is 25.8 Å². The first-order valence-corrected chi connectivity index (χ1v) is 10.1. The molecule has 0 saturated carbocycles. The van der Waals surface area contributed by atoms with Gasteiger partial charge in [-0.05, 0) is 30.0 Å². The lowest BCUT2D eigenvalue weighted by Gasteiger charge is -2.32. The van der Waals surface area contributed by atoms with E-state index in [-0.39, 0.29) is 0 Å². The third kappa shape index (κ3) is 5.84. The monoisotopic (exact) mass is 374 g/mol. The molecule has 6 heteroatoms.